The van der Waals surface area contributed by atoms with Gasteiger partial charge in [-0.1, -0.05) is 23.7 Å². The Morgan fingerprint density at radius 2 is 2.06 bits per heavy atom. The Morgan fingerprint density at radius 1 is 1.33 bits per heavy atom. The summed E-state index contributed by atoms with van der Waals surface area (Å²) in [7, 11) is 0. The molecule has 1 aromatic heterocycles. The summed E-state index contributed by atoms with van der Waals surface area (Å²) in [6.07, 6.45) is 2.17. The molecule has 0 fully saturated rings. The first-order valence-electron chi connectivity index (χ1n) is 5.89. The first-order chi connectivity index (χ1) is 8.58. The quantitative estimate of drug-likeness (QED) is 0.790. The number of ketones is 1. The van der Waals surface area contributed by atoms with E-state index < -0.39 is 0 Å². The SMILES string of the molecule is CC(C)n1ccc(CC(=O)c2ccccc2Cl)n1. The average molecular weight is 263 g/mol. The predicted molar refractivity (Wildman–Crippen MR) is 72.1 cm³/mol. The summed E-state index contributed by atoms with van der Waals surface area (Å²) in [5, 5.41) is 4.85. The first kappa shape index (κ1) is 12.8. The van der Waals surface area contributed by atoms with Gasteiger partial charge in [-0.2, -0.15) is 5.10 Å². The van der Waals surface area contributed by atoms with E-state index >= 15 is 0 Å². The van der Waals surface area contributed by atoms with Crippen LogP contribution in [0.25, 0.3) is 0 Å². The minimum absolute atomic E-state index is 0.00499. The van der Waals surface area contributed by atoms with Crippen molar-refractivity contribution >= 4 is 17.4 Å². The van der Waals surface area contributed by atoms with Crippen LogP contribution in [0.2, 0.25) is 5.02 Å². The van der Waals surface area contributed by atoms with Crippen molar-refractivity contribution in [2.24, 2.45) is 0 Å². The van der Waals surface area contributed by atoms with Crippen LogP contribution in [0.4, 0.5) is 0 Å². The first-order valence-corrected chi connectivity index (χ1v) is 6.27. The Labute approximate surface area is 111 Å². The van der Waals surface area contributed by atoms with Gasteiger partial charge in [-0.25, -0.2) is 0 Å². The molecule has 0 radical (unpaired) electrons. The van der Waals surface area contributed by atoms with Crippen LogP contribution in [0.1, 0.15) is 35.9 Å². The van der Waals surface area contributed by atoms with Gasteiger partial charge in [-0.15, -0.1) is 0 Å². The fourth-order valence-corrected chi connectivity index (χ4v) is 1.95. The standard InChI is InChI=1S/C14H15ClN2O/c1-10(2)17-8-7-11(16-17)9-14(18)12-5-3-4-6-13(12)15/h3-8,10H,9H2,1-2H3. The smallest absolute Gasteiger partial charge is 0.170 e. The molecule has 1 aromatic carbocycles. The molecule has 0 bridgehead atoms. The van der Waals surface area contributed by atoms with Gasteiger partial charge >= 0.3 is 0 Å². The van der Waals surface area contributed by atoms with Crippen LogP contribution < -0.4 is 0 Å². The molecular weight excluding hydrogens is 248 g/mol. The van der Waals surface area contributed by atoms with Crippen LogP contribution in [0, 0.1) is 0 Å². The van der Waals surface area contributed by atoms with Crippen molar-refractivity contribution in [3.05, 3.63) is 52.8 Å². The minimum atomic E-state index is -0.00499. The predicted octanol–water partition coefficient (Wildman–Crippen LogP) is 3.54. The van der Waals surface area contributed by atoms with E-state index in [1.807, 2.05) is 42.9 Å². The summed E-state index contributed by atoms with van der Waals surface area (Å²) >= 11 is 5.99. The fraction of sp³-hybridized carbons (Fsp3) is 0.286. The fourth-order valence-electron chi connectivity index (χ4n) is 1.71. The number of Topliss-reactive ketones (excluding diaryl/α,β-unsaturated/α-hetero) is 1. The lowest BCUT2D eigenvalue weighted by atomic mass is 10.1. The van der Waals surface area contributed by atoms with Crippen molar-refractivity contribution < 1.29 is 4.79 Å². The maximum Gasteiger partial charge on any atom is 0.170 e. The Hall–Kier alpha value is -1.61. The highest BCUT2D eigenvalue weighted by Gasteiger charge is 2.12. The second-order valence-electron chi connectivity index (χ2n) is 4.46. The number of benzene rings is 1. The molecule has 0 atom stereocenters. The maximum absolute atomic E-state index is 12.1. The number of aromatic nitrogens is 2. The largest absolute Gasteiger partial charge is 0.294 e. The Kier molecular flexibility index (Phi) is 3.82. The topological polar surface area (TPSA) is 34.9 Å². The molecule has 2 rings (SSSR count). The van der Waals surface area contributed by atoms with Gasteiger partial charge < -0.3 is 0 Å². The lowest BCUT2D eigenvalue weighted by Gasteiger charge is -2.04. The second-order valence-corrected chi connectivity index (χ2v) is 4.87. The normalized spacial score (nSPS) is 10.9. The average Bonchev–Trinajstić information content (AvgIpc) is 2.78. The van der Waals surface area contributed by atoms with Crippen LogP contribution in [-0.4, -0.2) is 15.6 Å². The number of nitrogens with zero attached hydrogens (tertiary/aromatic N) is 2. The molecule has 0 aliphatic carbocycles. The summed E-state index contributed by atoms with van der Waals surface area (Å²) in [5.74, 6) is -0.00499. The van der Waals surface area contributed by atoms with E-state index in [0.29, 0.717) is 16.6 Å². The van der Waals surface area contributed by atoms with E-state index in [2.05, 4.69) is 5.10 Å². The van der Waals surface area contributed by atoms with Gasteiger partial charge in [0.2, 0.25) is 0 Å². The van der Waals surface area contributed by atoms with Gasteiger partial charge in [-0.05, 0) is 32.0 Å². The van der Waals surface area contributed by atoms with Crippen LogP contribution in [0.5, 0.6) is 0 Å². The van der Waals surface area contributed by atoms with E-state index in [1.165, 1.54) is 0 Å². The molecule has 0 aliphatic heterocycles. The summed E-state index contributed by atoms with van der Waals surface area (Å²) < 4.78 is 1.84. The molecule has 0 saturated heterocycles. The lowest BCUT2D eigenvalue weighted by molar-refractivity contribution is 0.0992. The minimum Gasteiger partial charge on any atom is -0.294 e. The number of halogens is 1. The van der Waals surface area contributed by atoms with Crippen molar-refractivity contribution in [3.63, 3.8) is 0 Å². The van der Waals surface area contributed by atoms with E-state index in [4.69, 9.17) is 11.6 Å². The van der Waals surface area contributed by atoms with E-state index in [0.717, 1.165) is 5.69 Å². The Bertz CT molecular complexity index is 560. The molecule has 4 heteroatoms. The third-order valence-electron chi connectivity index (χ3n) is 2.71. The molecule has 0 N–H and O–H groups in total. The van der Waals surface area contributed by atoms with Crippen LogP contribution in [-0.2, 0) is 6.42 Å². The van der Waals surface area contributed by atoms with Gasteiger partial charge in [0.25, 0.3) is 0 Å². The zero-order valence-corrected chi connectivity index (χ0v) is 11.2. The molecule has 0 spiro atoms. The number of hydrogen-bond acceptors (Lipinski definition) is 2. The van der Waals surface area contributed by atoms with Gasteiger partial charge in [0.05, 0.1) is 17.1 Å². The highest BCUT2D eigenvalue weighted by atomic mass is 35.5. The van der Waals surface area contributed by atoms with Crippen molar-refractivity contribution in [3.8, 4) is 0 Å². The molecule has 0 saturated carbocycles. The van der Waals surface area contributed by atoms with Gasteiger partial charge in [0.15, 0.2) is 5.78 Å². The monoisotopic (exact) mass is 262 g/mol. The van der Waals surface area contributed by atoms with Gasteiger partial charge in [0.1, 0.15) is 0 Å². The molecule has 94 valence electrons. The number of rotatable bonds is 4. The second kappa shape index (κ2) is 5.36. The van der Waals surface area contributed by atoms with Crippen LogP contribution in [0.3, 0.4) is 0 Å². The highest BCUT2D eigenvalue weighted by molar-refractivity contribution is 6.34. The third-order valence-corrected chi connectivity index (χ3v) is 3.04. The van der Waals surface area contributed by atoms with Crippen molar-refractivity contribution in [2.75, 3.05) is 0 Å². The van der Waals surface area contributed by atoms with E-state index in [1.54, 1.807) is 12.1 Å². The summed E-state index contributed by atoms with van der Waals surface area (Å²) in [4.78, 5) is 12.1. The van der Waals surface area contributed by atoms with Gasteiger partial charge in [-0.3, -0.25) is 9.48 Å². The maximum atomic E-state index is 12.1. The van der Waals surface area contributed by atoms with E-state index in [-0.39, 0.29) is 12.2 Å². The summed E-state index contributed by atoms with van der Waals surface area (Å²) in [6.45, 7) is 4.10. The van der Waals surface area contributed by atoms with Crippen molar-refractivity contribution in [1.29, 1.82) is 0 Å². The van der Waals surface area contributed by atoms with Crippen LogP contribution in [0.15, 0.2) is 36.5 Å². The number of carbonyl (C=O) groups excluding carboxylic acids is 1. The molecular formula is C14H15ClN2O. The molecule has 18 heavy (non-hydrogen) atoms. The van der Waals surface area contributed by atoms with E-state index in [9.17, 15) is 4.79 Å². The zero-order valence-electron chi connectivity index (χ0n) is 10.4. The summed E-state index contributed by atoms with van der Waals surface area (Å²) in [6, 6.07) is 9.26. The number of carbonyl (C=O) groups is 1. The molecule has 1 heterocycles. The molecule has 3 nitrogen and oxygen atoms in total. The highest BCUT2D eigenvalue weighted by Crippen LogP contribution is 2.17. The van der Waals surface area contributed by atoms with Crippen molar-refractivity contribution in [1.82, 2.24) is 9.78 Å². The zero-order chi connectivity index (χ0) is 13.1. The van der Waals surface area contributed by atoms with Crippen LogP contribution >= 0.6 is 11.6 Å². The molecule has 0 aliphatic rings. The van der Waals surface area contributed by atoms with Crippen molar-refractivity contribution in [2.45, 2.75) is 26.3 Å². The number of hydrogen-bond donors (Lipinski definition) is 0. The molecule has 0 amide bonds. The molecule has 0 unspecified atom stereocenters. The molecule has 2 aromatic rings. The van der Waals surface area contributed by atoms with Gasteiger partial charge in [0, 0.05) is 17.8 Å². The summed E-state index contributed by atoms with van der Waals surface area (Å²) in [5.41, 5.74) is 1.33. The Balaban J connectivity index is 2.14. The third kappa shape index (κ3) is 2.79. The Morgan fingerprint density at radius 3 is 2.67 bits per heavy atom. The lowest BCUT2D eigenvalue weighted by Crippen LogP contribution is -2.07.